The van der Waals surface area contributed by atoms with Gasteiger partial charge in [-0.1, -0.05) is 31.2 Å². The summed E-state index contributed by atoms with van der Waals surface area (Å²) in [5.41, 5.74) is 7.10. The van der Waals surface area contributed by atoms with Crippen molar-refractivity contribution >= 4 is 11.7 Å². The van der Waals surface area contributed by atoms with Crippen molar-refractivity contribution in [2.75, 3.05) is 12.3 Å². The Hall–Kier alpha value is -2.89. The van der Waals surface area contributed by atoms with E-state index in [-0.39, 0.29) is 23.7 Å². The molecule has 0 fully saturated rings. The molecule has 5 nitrogen and oxygen atoms in total. The lowest BCUT2D eigenvalue weighted by Gasteiger charge is -2.11. The van der Waals surface area contributed by atoms with E-state index in [1.165, 1.54) is 0 Å². The van der Waals surface area contributed by atoms with Gasteiger partial charge in [0, 0.05) is 17.8 Å². The highest BCUT2D eigenvalue weighted by Gasteiger charge is 2.13. The highest BCUT2D eigenvalue weighted by molar-refractivity contribution is 5.98. The second kappa shape index (κ2) is 9.56. The van der Waals surface area contributed by atoms with Gasteiger partial charge in [-0.25, -0.2) is 9.37 Å². The normalized spacial score (nSPS) is 10.9. The number of carbonyl (C=O) groups is 1. The molecule has 0 radical (unpaired) electrons. The number of hydrogen-bond donors (Lipinski definition) is 2. The molecule has 0 aliphatic rings. The van der Waals surface area contributed by atoms with E-state index in [4.69, 9.17) is 10.5 Å². The maximum atomic E-state index is 14.5. The zero-order chi connectivity index (χ0) is 18.9. The van der Waals surface area contributed by atoms with Crippen molar-refractivity contribution < 1.29 is 13.9 Å². The molecule has 138 valence electrons. The van der Waals surface area contributed by atoms with Gasteiger partial charge in [0.05, 0.1) is 12.2 Å². The SMILES string of the molecule is CCC=CCCOc1cccc(CNC(=O)c2ccc(C)nc2N)c1F. The summed E-state index contributed by atoms with van der Waals surface area (Å²) < 4.78 is 20.0. The highest BCUT2D eigenvalue weighted by Crippen LogP contribution is 2.21. The predicted molar refractivity (Wildman–Crippen MR) is 100 cm³/mol. The first-order valence-electron chi connectivity index (χ1n) is 8.59. The first-order chi connectivity index (χ1) is 12.5. The Morgan fingerprint density at radius 1 is 1.31 bits per heavy atom. The molecule has 0 saturated carbocycles. The van der Waals surface area contributed by atoms with E-state index in [2.05, 4.69) is 17.2 Å². The molecule has 0 spiro atoms. The minimum atomic E-state index is -0.470. The zero-order valence-electron chi connectivity index (χ0n) is 15.1. The van der Waals surface area contributed by atoms with Crippen molar-refractivity contribution in [2.45, 2.75) is 33.2 Å². The van der Waals surface area contributed by atoms with Gasteiger partial charge in [-0.05, 0) is 38.0 Å². The number of aryl methyl sites for hydroxylation is 1. The van der Waals surface area contributed by atoms with Gasteiger partial charge in [-0.15, -0.1) is 0 Å². The van der Waals surface area contributed by atoms with Crippen molar-refractivity contribution in [3.8, 4) is 5.75 Å². The second-order valence-electron chi connectivity index (χ2n) is 5.81. The van der Waals surface area contributed by atoms with Crippen LogP contribution in [0.15, 0.2) is 42.5 Å². The quantitative estimate of drug-likeness (QED) is 0.557. The number of anilines is 1. The summed E-state index contributed by atoms with van der Waals surface area (Å²) in [4.78, 5) is 16.3. The van der Waals surface area contributed by atoms with Gasteiger partial charge < -0.3 is 15.8 Å². The third-order valence-corrected chi connectivity index (χ3v) is 3.74. The van der Waals surface area contributed by atoms with Gasteiger partial charge >= 0.3 is 0 Å². The molecule has 0 aliphatic carbocycles. The molecule has 0 saturated heterocycles. The molecular formula is C20H24FN3O2. The number of halogens is 1. The zero-order valence-corrected chi connectivity index (χ0v) is 15.1. The van der Waals surface area contributed by atoms with Gasteiger partial charge in [0.1, 0.15) is 5.82 Å². The molecule has 1 aromatic carbocycles. The van der Waals surface area contributed by atoms with Crippen molar-refractivity contribution in [1.29, 1.82) is 0 Å². The average Bonchev–Trinajstić information content (AvgIpc) is 2.61. The Morgan fingerprint density at radius 2 is 2.12 bits per heavy atom. The lowest BCUT2D eigenvalue weighted by Crippen LogP contribution is -2.24. The number of amides is 1. The van der Waals surface area contributed by atoms with Crippen LogP contribution in [0, 0.1) is 12.7 Å². The first kappa shape index (κ1) is 19.4. The Labute approximate surface area is 153 Å². The van der Waals surface area contributed by atoms with Gasteiger partial charge in [-0.3, -0.25) is 4.79 Å². The van der Waals surface area contributed by atoms with Crippen LogP contribution in [0.5, 0.6) is 5.75 Å². The number of rotatable bonds is 8. The highest BCUT2D eigenvalue weighted by atomic mass is 19.1. The van der Waals surface area contributed by atoms with Gasteiger partial charge in [-0.2, -0.15) is 0 Å². The smallest absolute Gasteiger partial charge is 0.255 e. The molecule has 0 atom stereocenters. The molecule has 1 heterocycles. The summed E-state index contributed by atoms with van der Waals surface area (Å²) in [6.45, 7) is 4.27. The van der Waals surface area contributed by atoms with E-state index < -0.39 is 11.7 Å². The topological polar surface area (TPSA) is 77.2 Å². The van der Waals surface area contributed by atoms with Crippen LogP contribution < -0.4 is 15.8 Å². The van der Waals surface area contributed by atoms with Gasteiger partial charge in [0.25, 0.3) is 5.91 Å². The largest absolute Gasteiger partial charge is 0.490 e. The molecule has 0 unspecified atom stereocenters. The van der Waals surface area contributed by atoms with Crippen molar-refractivity contribution in [3.05, 3.63) is 65.1 Å². The molecule has 1 amide bonds. The number of nitrogens with zero attached hydrogens (tertiary/aromatic N) is 1. The molecule has 2 rings (SSSR count). The molecule has 1 aromatic heterocycles. The molecule has 6 heteroatoms. The first-order valence-corrected chi connectivity index (χ1v) is 8.59. The minimum absolute atomic E-state index is 0.0327. The number of ether oxygens (including phenoxy) is 1. The number of nitrogen functional groups attached to an aromatic ring is 1. The summed E-state index contributed by atoms with van der Waals surface area (Å²) in [5.74, 6) is -0.536. The van der Waals surface area contributed by atoms with E-state index in [1.54, 1.807) is 37.3 Å². The van der Waals surface area contributed by atoms with E-state index in [0.717, 1.165) is 12.1 Å². The fraction of sp³-hybridized carbons (Fsp3) is 0.300. The summed E-state index contributed by atoms with van der Waals surface area (Å²) in [7, 11) is 0. The fourth-order valence-electron chi connectivity index (χ4n) is 2.37. The lowest BCUT2D eigenvalue weighted by atomic mass is 10.1. The predicted octanol–water partition coefficient (Wildman–Crippen LogP) is 3.78. The van der Waals surface area contributed by atoms with Gasteiger partial charge in [0.2, 0.25) is 0 Å². The van der Waals surface area contributed by atoms with Crippen LogP contribution in [0.2, 0.25) is 0 Å². The number of benzene rings is 1. The van der Waals surface area contributed by atoms with E-state index in [1.807, 2.05) is 12.2 Å². The number of nitrogens with two attached hydrogens (primary N) is 1. The number of aromatic nitrogens is 1. The van der Waals surface area contributed by atoms with Gasteiger partial charge in [0.15, 0.2) is 11.6 Å². The Bertz CT molecular complexity index is 791. The molecule has 26 heavy (non-hydrogen) atoms. The average molecular weight is 357 g/mol. The van der Waals surface area contributed by atoms with Crippen molar-refractivity contribution in [2.24, 2.45) is 0 Å². The van der Waals surface area contributed by atoms with Crippen LogP contribution in [0.4, 0.5) is 10.2 Å². The van der Waals surface area contributed by atoms with E-state index in [9.17, 15) is 9.18 Å². The van der Waals surface area contributed by atoms with E-state index >= 15 is 0 Å². The third-order valence-electron chi connectivity index (χ3n) is 3.74. The van der Waals surface area contributed by atoms with Crippen LogP contribution in [0.25, 0.3) is 0 Å². The fourth-order valence-corrected chi connectivity index (χ4v) is 2.37. The van der Waals surface area contributed by atoms with Crippen LogP contribution in [-0.4, -0.2) is 17.5 Å². The number of nitrogens with one attached hydrogen (secondary N) is 1. The molecule has 0 aliphatic heterocycles. The Kier molecular flexibility index (Phi) is 7.14. The summed E-state index contributed by atoms with van der Waals surface area (Å²) in [6.07, 6.45) is 5.72. The minimum Gasteiger partial charge on any atom is -0.490 e. The number of carbonyl (C=O) groups excluding carboxylic acids is 1. The van der Waals surface area contributed by atoms with Crippen LogP contribution >= 0.6 is 0 Å². The summed E-state index contributed by atoms with van der Waals surface area (Å²) in [5, 5.41) is 2.66. The summed E-state index contributed by atoms with van der Waals surface area (Å²) >= 11 is 0. The molecular weight excluding hydrogens is 333 g/mol. The van der Waals surface area contributed by atoms with Crippen LogP contribution in [0.3, 0.4) is 0 Å². The molecule has 3 N–H and O–H groups in total. The second-order valence-corrected chi connectivity index (χ2v) is 5.81. The van der Waals surface area contributed by atoms with Crippen LogP contribution in [-0.2, 0) is 6.54 Å². The number of hydrogen-bond acceptors (Lipinski definition) is 4. The monoisotopic (exact) mass is 357 g/mol. The maximum Gasteiger partial charge on any atom is 0.255 e. The van der Waals surface area contributed by atoms with Crippen molar-refractivity contribution in [3.63, 3.8) is 0 Å². The van der Waals surface area contributed by atoms with Crippen molar-refractivity contribution in [1.82, 2.24) is 10.3 Å². The Morgan fingerprint density at radius 3 is 2.85 bits per heavy atom. The Balaban J connectivity index is 1.97. The number of pyridine rings is 1. The standard InChI is InChI=1S/C20H24FN3O2/c1-3-4-5-6-12-26-17-9-7-8-15(18(17)21)13-23-20(25)16-11-10-14(2)24-19(16)22/h4-5,7-11H,3,6,12-13H2,1-2H3,(H2,22,24)(H,23,25). The number of allylic oxidation sites excluding steroid dienone is 1. The van der Waals surface area contributed by atoms with E-state index in [0.29, 0.717) is 18.6 Å². The molecule has 0 bridgehead atoms. The molecule has 2 aromatic rings. The maximum absolute atomic E-state index is 14.5. The summed E-state index contributed by atoms with van der Waals surface area (Å²) in [6, 6.07) is 8.19. The lowest BCUT2D eigenvalue weighted by molar-refractivity contribution is 0.0951. The van der Waals surface area contributed by atoms with Crippen LogP contribution in [0.1, 0.15) is 41.4 Å². The third kappa shape index (κ3) is 5.31.